The summed E-state index contributed by atoms with van der Waals surface area (Å²) in [5.74, 6) is -0.352. The lowest BCUT2D eigenvalue weighted by molar-refractivity contribution is -0.142. The Kier molecular flexibility index (Phi) is 6.87. The number of carbonyl (C=O) groups is 1. The quantitative estimate of drug-likeness (QED) is 0.719. The van der Waals surface area contributed by atoms with Crippen LogP contribution in [-0.2, 0) is 11.2 Å². The Balaban J connectivity index is 2.68. The van der Waals surface area contributed by atoms with E-state index < -0.39 is 5.97 Å². The van der Waals surface area contributed by atoms with E-state index in [0.717, 1.165) is 28.6 Å². The van der Waals surface area contributed by atoms with Gasteiger partial charge in [-0.2, -0.15) is 0 Å². The van der Waals surface area contributed by atoms with E-state index in [1.54, 1.807) is 7.11 Å². The fourth-order valence-electron chi connectivity index (χ4n) is 1.97. The summed E-state index contributed by atoms with van der Waals surface area (Å²) < 4.78 is 6.00. The fourth-order valence-corrected chi connectivity index (χ4v) is 2.56. The molecule has 3 N–H and O–H groups in total. The summed E-state index contributed by atoms with van der Waals surface area (Å²) in [6, 6.07) is 5.67. The molecule has 0 heterocycles. The Labute approximate surface area is 122 Å². The molecule has 1 aromatic rings. The van der Waals surface area contributed by atoms with Crippen LogP contribution in [0.4, 0.5) is 0 Å². The van der Waals surface area contributed by atoms with Crippen LogP contribution in [0.5, 0.6) is 5.75 Å². The first-order valence-corrected chi connectivity index (χ1v) is 7.13. The van der Waals surface area contributed by atoms with Crippen LogP contribution >= 0.6 is 15.9 Å². The summed E-state index contributed by atoms with van der Waals surface area (Å²) in [4.78, 5) is 11.2. The van der Waals surface area contributed by atoms with E-state index in [-0.39, 0.29) is 5.92 Å². The van der Waals surface area contributed by atoms with Gasteiger partial charge in [-0.3, -0.25) is 4.79 Å². The molecule has 0 fully saturated rings. The standard InChI is InChI=1S/C14H20BrNO3/c1-19-13-6-5-10(9-12(13)15)8-11(14(17)18)4-2-3-7-16/h5-6,9,11H,2-4,7-8,16H2,1H3,(H,17,18). The van der Waals surface area contributed by atoms with Crippen molar-refractivity contribution in [2.45, 2.75) is 25.7 Å². The van der Waals surface area contributed by atoms with Crippen LogP contribution < -0.4 is 10.5 Å². The minimum Gasteiger partial charge on any atom is -0.496 e. The predicted octanol–water partition coefficient (Wildman–Crippen LogP) is 2.83. The van der Waals surface area contributed by atoms with Crippen molar-refractivity contribution in [1.82, 2.24) is 0 Å². The molecule has 0 radical (unpaired) electrons. The Hall–Kier alpha value is -1.07. The summed E-state index contributed by atoms with van der Waals surface area (Å²) >= 11 is 3.41. The maximum absolute atomic E-state index is 11.2. The lowest BCUT2D eigenvalue weighted by atomic mass is 9.94. The molecule has 0 saturated carbocycles. The van der Waals surface area contributed by atoms with E-state index in [1.807, 2.05) is 18.2 Å². The van der Waals surface area contributed by atoms with Gasteiger partial charge in [0.15, 0.2) is 0 Å². The number of hydrogen-bond acceptors (Lipinski definition) is 3. The van der Waals surface area contributed by atoms with Gasteiger partial charge >= 0.3 is 5.97 Å². The second kappa shape index (κ2) is 8.17. The van der Waals surface area contributed by atoms with Gasteiger partial charge < -0.3 is 15.6 Å². The summed E-state index contributed by atoms with van der Waals surface area (Å²) in [5, 5.41) is 9.24. The molecule has 1 aromatic carbocycles. The van der Waals surface area contributed by atoms with E-state index in [9.17, 15) is 9.90 Å². The van der Waals surface area contributed by atoms with Gasteiger partial charge in [-0.25, -0.2) is 0 Å². The third-order valence-electron chi connectivity index (χ3n) is 3.05. The van der Waals surface area contributed by atoms with Gasteiger partial charge in [0, 0.05) is 0 Å². The highest BCUT2D eigenvalue weighted by Crippen LogP contribution is 2.27. The average Bonchev–Trinajstić information content (AvgIpc) is 2.38. The molecule has 1 atom stereocenters. The molecule has 0 aliphatic heterocycles. The molecule has 106 valence electrons. The van der Waals surface area contributed by atoms with Gasteiger partial charge in [0.2, 0.25) is 0 Å². The molecule has 4 nitrogen and oxygen atoms in total. The number of carboxylic acids is 1. The van der Waals surface area contributed by atoms with Crippen LogP contribution in [0.25, 0.3) is 0 Å². The molecule has 0 aromatic heterocycles. The van der Waals surface area contributed by atoms with Crippen molar-refractivity contribution >= 4 is 21.9 Å². The van der Waals surface area contributed by atoms with E-state index in [2.05, 4.69) is 15.9 Å². The molecule has 1 rings (SSSR count). The zero-order valence-electron chi connectivity index (χ0n) is 11.1. The normalized spacial score (nSPS) is 12.2. The fraction of sp³-hybridized carbons (Fsp3) is 0.500. The van der Waals surface area contributed by atoms with Crippen molar-refractivity contribution < 1.29 is 14.6 Å². The lowest BCUT2D eigenvalue weighted by Gasteiger charge is -2.13. The van der Waals surface area contributed by atoms with Crippen molar-refractivity contribution in [3.63, 3.8) is 0 Å². The number of hydrogen-bond donors (Lipinski definition) is 2. The highest BCUT2D eigenvalue weighted by atomic mass is 79.9. The highest BCUT2D eigenvalue weighted by molar-refractivity contribution is 9.10. The topological polar surface area (TPSA) is 72.5 Å². The van der Waals surface area contributed by atoms with Gasteiger partial charge in [-0.1, -0.05) is 12.5 Å². The number of aliphatic carboxylic acids is 1. The van der Waals surface area contributed by atoms with Crippen molar-refractivity contribution in [3.05, 3.63) is 28.2 Å². The third-order valence-corrected chi connectivity index (χ3v) is 3.67. The molecule has 0 bridgehead atoms. The first-order chi connectivity index (χ1) is 9.08. The number of benzene rings is 1. The van der Waals surface area contributed by atoms with Crippen LogP contribution in [0, 0.1) is 5.92 Å². The van der Waals surface area contributed by atoms with Crippen molar-refractivity contribution in [1.29, 1.82) is 0 Å². The van der Waals surface area contributed by atoms with Gasteiger partial charge in [0.1, 0.15) is 5.75 Å². The smallest absolute Gasteiger partial charge is 0.306 e. The Bertz CT molecular complexity index is 423. The largest absolute Gasteiger partial charge is 0.496 e. The van der Waals surface area contributed by atoms with Crippen LogP contribution in [0.1, 0.15) is 24.8 Å². The Morgan fingerprint density at radius 1 is 1.47 bits per heavy atom. The van der Waals surface area contributed by atoms with Crippen molar-refractivity contribution in [2.75, 3.05) is 13.7 Å². The summed E-state index contributed by atoms with van der Waals surface area (Å²) in [5.41, 5.74) is 6.42. The lowest BCUT2D eigenvalue weighted by Crippen LogP contribution is -2.17. The zero-order valence-corrected chi connectivity index (χ0v) is 12.6. The molecule has 0 spiro atoms. The third kappa shape index (κ3) is 5.20. The zero-order chi connectivity index (χ0) is 14.3. The SMILES string of the molecule is COc1ccc(CC(CCCCN)C(=O)O)cc1Br. The van der Waals surface area contributed by atoms with Gasteiger partial charge in [-0.05, 0) is 59.4 Å². The summed E-state index contributed by atoms with van der Waals surface area (Å²) in [7, 11) is 1.60. The van der Waals surface area contributed by atoms with Gasteiger partial charge in [0.05, 0.1) is 17.5 Å². The molecule has 5 heteroatoms. The second-order valence-electron chi connectivity index (χ2n) is 4.49. The molecule has 19 heavy (non-hydrogen) atoms. The Morgan fingerprint density at radius 3 is 2.74 bits per heavy atom. The minimum absolute atomic E-state index is 0.355. The molecular formula is C14H20BrNO3. The van der Waals surface area contributed by atoms with E-state index in [1.165, 1.54) is 0 Å². The first-order valence-electron chi connectivity index (χ1n) is 6.33. The second-order valence-corrected chi connectivity index (χ2v) is 5.35. The molecule has 0 aliphatic carbocycles. The van der Waals surface area contributed by atoms with E-state index >= 15 is 0 Å². The van der Waals surface area contributed by atoms with Crippen LogP contribution in [0.15, 0.2) is 22.7 Å². The van der Waals surface area contributed by atoms with Gasteiger partial charge in [0.25, 0.3) is 0 Å². The highest BCUT2D eigenvalue weighted by Gasteiger charge is 2.18. The molecule has 0 aliphatic rings. The van der Waals surface area contributed by atoms with Crippen molar-refractivity contribution in [2.24, 2.45) is 11.7 Å². The number of ether oxygens (including phenoxy) is 1. The molecule has 0 saturated heterocycles. The van der Waals surface area contributed by atoms with Crippen LogP contribution in [0.3, 0.4) is 0 Å². The van der Waals surface area contributed by atoms with Crippen LogP contribution in [-0.4, -0.2) is 24.7 Å². The number of unbranched alkanes of at least 4 members (excludes halogenated alkanes) is 1. The molecule has 0 amide bonds. The minimum atomic E-state index is -0.746. The first kappa shape index (κ1) is 16.0. The number of methoxy groups -OCH3 is 1. The summed E-state index contributed by atoms with van der Waals surface area (Å²) in [6.07, 6.45) is 2.92. The average molecular weight is 330 g/mol. The summed E-state index contributed by atoms with van der Waals surface area (Å²) in [6.45, 7) is 0.612. The van der Waals surface area contributed by atoms with Gasteiger partial charge in [-0.15, -0.1) is 0 Å². The maximum Gasteiger partial charge on any atom is 0.306 e. The number of rotatable bonds is 8. The van der Waals surface area contributed by atoms with E-state index in [0.29, 0.717) is 19.4 Å². The van der Waals surface area contributed by atoms with Crippen LogP contribution in [0.2, 0.25) is 0 Å². The Morgan fingerprint density at radius 2 is 2.21 bits per heavy atom. The number of halogens is 1. The predicted molar refractivity (Wildman–Crippen MR) is 78.4 cm³/mol. The number of nitrogens with two attached hydrogens (primary N) is 1. The van der Waals surface area contributed by atoms with Crippen molar-refractivity contribution in [3.8, 4) is 5.75 Å². The maximum atomic E-state index is 11.2. The molecular weight excluding hydrogens is 310 g/mol. The van der Waals surface area contributed by atoms with E-state index in [4.69, 9.17) is 10.5 Å². The molecule has 1 unspecified atom stereocenters. The number of carboxylic acid groups (broad SMARTS) is 1. The monoisotopic (exact) mass is 329 g/mol.